The third-order valence-corrected chi connectivity index (χ3v) is 17.4. The second-order valence-electron chi connectivity index (χ2n) is 28.4. The maximum Gasteiger partial charge on any atom is 0.534 e. The molecule has 10 atom stereocenters. The Hall–Kier alpha value is -9.10. The Labute approximate surface area is 611 Å². The number of nitrogens with one attached hydrogen (secondary N) is 5. The van der Waals surface area contributed by atoms with Gasteiger partial charge >= 0.3 is 40.0 Å². The minimum absolute atomic E-state index is 0. The second-order valence-corrected chi connectivity index (χ2v) is 29.9. The van der Waals surface area contributed by atoms with Crippen LogP contribution in [0.5, 0.6) is 11.5 Å². The van der Waals surface area contributed by atoms with Gasteiger partial charge in [-0.2, -0.15) is 21.6 Å². The van der Waals surface area contributed by atoms with Crippen LogP contribution in [0.3, 0.4) is 0 Å². The van der Waals surface area contributed by atoms with Crippen molar-refractivity contribution in [3.63, 3.8) is 0 Å². The van der Waals surface area contributed by atoms with Gasteiger partial charge in [0.25, 0.3) is 0 Å². The molecular formula is C76H98F3N7O18S. The summed E-state index contributed by atoms with van der Waals surface area (Å²) >= 11 is 0. The molecule has 6 aromatic rings. The van der Waals surface area contributed by atoms with Gasteiger partial charge in [-0.1, -0.05) is 143 Å². The van der Waals surface area contributed by atoms with E-state index < -0.39 is 98.6 Å². The second kappa shape index (κ2) is 37.7. The van der Waals surface area contributed by atoms with Crippen LogP contribution in [0.25, 0.3) is 11.1 Å². The summed E-state index contributed by atoms with van der Waals surface area (Å²) in [5.74, 6) is -0.166. The molecule has 0 bridgehead atoms. The van der Waals surface area contributed by atoms with Crippen molar-refractivity contribution in [3.05, 3.63) is 186 Å². The molecule has 572 valence electrons. The van der Waals surface area contributed by atoms with Crippen LogP contribution in [-0.4, -0.2) is 165 Å². The van der Waals surface area contributed by atoms with Crippen molar-refractivity contribution in [2.45, 2.75) is 180 Å². The Morgan fingerprint density at radius 1 is 0.600 bits per heavy atom. The van der Waals surface area contributed by atoms with E-state index in [-0.39, 0.29) is 64.0 Å². The number of ether oxygens (including phenoxy) is 9. The highest BCUT2D eigenvalue weighted by Crippen LogP contribution is 2.34. The number of carbonyl (C=O) groups excluding carboxylic acids is 5. The van der Waals surface area contributed by atoms with Crippen molar-refractivity contribution in [1.82, 2.24) is 36.7 Å². The van der Waals surface area contributed by atoms with Gasteiger partial charge in [-0.05, 0) is 142 Å². The molecule has 105 heavy (non-hydrogen) atoms. The molecule has 5 aromatic carbocycles. The number of nitrogens with zero attached hydrogens (tertiary/aromatic N) is 2. The third-order valence-electron chi connectivity index (χ3n) is 16.4. The molecule has 6 N–H and O–H groups in total. The average Bonchev–Trinajstić information content (AvgIpc) is 1.80. The topological polar surface area (TPSA) is 315 Å². The molecule has 0 aliphatic carbocycles. The van der Waals surface area contributed by atoms with Crippen LogP contribution in [0.1, 0.15) is 104 Å². The summed E-state index contributed by atoms with van der Waals surface area (Å²) in [5.41, 5.74) is 1.99. The number of hydrogen-bond acceptors (Lipinski definition) is 20. The summed E-state index contributed by atoms with van der Waals surface area (Å²) in [4.78, 5) is 67.4. The highest BCUT2D eigenvalue weighted by atomic mass is 32.2. The van der Waals surface area contributed by atoms with E-state index in [2.05, 4.69) is 35.9 Å². The van der Waals surface area contributed by atoms with Gasteiger partial charge in [-0.25, -0.2) is 24.2 Å². The van der Waals surface area contributed by atoms with Gasteiger partial charge in [-0.3, -0.25) is 15.2 Å². The molecule has 1 aromatic heterocycles. The number of hydrogen-bond donors (Lipinski definition) is 6. The molecular weight excluding hydrogens is 1390 g/mol. The molecule has 4 fully saturated rings. The minimum Gasteiger partial charge on any atom is -0.489 e. The quantitative estimate of drug-likeness (QED) is 0.00966. The molecule has 4 aliphatic rings. The van der Waals surface area contributed by atoms with Gasteiger partial charge in [0.2, 0.25) is 5.91 Å². The van der Waals surface area contributed by atoms with Gasteiger partial charge in [0, 0.05) is 25.5 Å². The van der Waals surface area contributed by atoms with E-state index in [1.165, 1.54) is 19.2 Å². The number of hydrazine groups is 1. The lowest BCUT2D eigenvalue weighted by Crippen LogP contribution is -2.59. The number of aliphatic hydroxyl groups excluding tert-OH is 1. The zero-order valence-corrected chi connectivity index (χ0v) is 60.7. The molecule has 29 heteroatoms. The van der Waals surface area contributed by atoms with Crippen molar-refractivity contribution < 1.29 is 97.5 Å². The van der Waals surface area contributed by atoms with Gasteiger partial charge < -0.3 is 73.2 Å². The van der Waals surface area contributed by atoms with Crippen LogP contribution in [0.4, 0.5) is 32.3 Å². The summed E-state index contributed by atoms with van der Waals surface area (Å²) < 4.78 is 112. The smallest absolute Gasteiger partial charge is 0.489 e. The lowest BCUT2D eigenvalue weighted by atomic mass is 9.85. The highest BCUT2D eigenvalue weighted by molar-refractivity contribution is 7.88. The number of methoxy groups -OCH3 is 1. The maximum absolute atomic E-state index is 13.8. The number of alkyl halides is 3. The first-order valence-corrected chi connectivity index (χ1v) is 35.5. The Morgan fingerprint density at radius 3 is 1.62 bits per heavy atom. The molecule has 5 amide bonds. The summed E-state index contributed by atoms with van der Waals surface area (Å²) in [5, 5.41) is 24.6. The number of aromatic nitrogens is 1. The van der Waals surface area contributed by atoms with Crippen LogP contribution in [0.2, 0.25) is 0 Å². The number of alkyl carbamates (subject to hydrolysis) is 3. The highest BCUT2D eigenvalue weighted by Gasteiger charge is 2.49. The fourth-order valence-electron chi connectivity index (χ4n) is 11.0. The van der Waals surface area contributed by atoms with E-state index in [9.17, 15) is 50.7 Å². The fraction of sp³-hybridized carbons (Fsp3) is 0.474. The number of pyridine rings is 1. The SMILES string of the molecule is C.CC(C)(C)OC(=O)N[C@@H](Cc1ccc(OCc2ccccc2)cc1)[C@@H]1CO1.CC(C)(C)OC(=O)N[C@@H](Cc1ccc(OS(=O)(=O)C(F)(F)F)cc1)[C@@H]1CO1.COC(=O)N[C@H](C(=O)N[C@@H](Cc1ccc(-c2cccnc2)cc1)[C@@H](O)CN(Cc1ccccc1)NC(=O)O[C@H]1CO[C@H]2OCC[C@H]21)C(C)(C)C. The van der Waals surface area contributed by atoms with E-state index in [1.54, 1.807) is 38.2 Å². The van der Waals surface area contributed by atoms with Crippen LogP contribution in [0.15, 0.2) is 158 Å². The standard InChI is InChI=1S/C37H47N5O8.C22H27NO4.C16H20F3NO6S.CH4/c1-37(2,3)32(40-35(45)47-4)33(44)39-29(19-24-12-14-26(15-13-24)27-11-8-17-38-20-27)30(43)22-42(21-25-9-6-5-7-10-25)41-36(46)50-31-23-49-34-28(31)16-18-48-34;1-22(2,3)27-21(24)23-19(20-15-26-20)13-16-9-11-18(12-10-16)25-14-17-7-5-4-6-8-17;1-15(2,3)25-14(21)20-12(13-9-24-13)8-10-4-6-11(7-5-10)26-27(22,23)16(17,18)19;/h5-15,17,20,28-32,34,43H,16,18-19,21-23H2,1-4H3,(H,39,44)(H,40,45)(H,41,46);4-12,19-20H,13-15H2,1-3H3,(H,23,24);4-7,12-13H,8-9H2,1-3H3,(H,20,21);1H4/t28-,29-,30-,31-,32+,34+;19-,20-;12-,13-;/m000./s1. The van der Waals surface area contributed by atoms with Crippen molar-refractivity contribution in [2.24, 2.45) is 11.3 Å². The fourth-order valence-corrected chi connectivity index (χ4v) is 11.5. The molecule has 4 aliphatic heterocycles. The van der Waals surface area contributed by atoms with E-state index in [4.69, 9.17) is 42.6 Å². The predicted octanol–water partition coefficient (Wildman–Crippen LogP) is 11.3. The first kappa shape index (κ1) is 83.2. The minimum atomic E-state index is -5.72. The molecule has 0 spiro atoms. The van der Waals surface area contributed by atoms with Gasteiger partial charge in [0.15, 0.2) is 6.29 Å². The van der Waals surface area contributed by atoms with E-state index >= 15 is 0 Å². The van der Waals surface area contributed by atoms with Crippen LogP contribution < -0.4 is 35.6 Å². The van der Waals surface area contributed by atoms with Crippen LogP contribution >= 0.6 is 0 Å². The summed E-state index contributed by atoms with van der Waals surface area (Å²) in [6.07, 6.45) is 0.873. The summed E-state index contributed by atoms with van der Waals surface area (Å²) in [6, 6.07) is 41.9. The Morgan fingerprint density at radius 2 is 1.12 bits per heavy atom. The zero-order chi connectivity index (χ0) is 75.4. The average molecular weight is 1490 g/mol. The number of rotatable bonds is 26. The largest absolute Gasteiger partial charge is 0.534 e. The summed E-state index contributed by atoms with van der Waals surface area (Å²) in [6.45, 7) is 18.8. The van der Waals surface area contributed by atoms with Gasteiger partial charge in [0.1, 0.15) is 53.7 Å². The molecule has 4 saturated heterocycles. The lowest BCUT2D eigenvalue weighted by molar-refractivity contribution is -0.127. The number of halogens is 3. The van der Waals surface area contributed by atoms with Gasteiger partial charge in [-0.15, -0.1) is 0 Å². The number of amides is 5. The Balaban J connectivity index is 0.000000238. The molecule has 10 rings (SSSR count). The monoisotopic (exact) mass is 1490 g/mol. The van der Waals surface area contributed by atoms with E-state index in [1.807, 2.05) is 163 Å². The molecule has 5 heterocycles. The van der Waals surface area contributed by atoms with Crippen molar-refractivity contribution in [2.75, 3.05) is 40.1 Å². The predicted molar refractivity (Wildman–Crippen MR) is 383 cm³/mol. The maximum atomic E-state index is 13.8. The number of epoxide rings is 2. The number of carbonyl (C=O) groups is 5. The van der Waals surface area contributed by atoms with Crippen molar-refractivity contribution in [3.8, 4) is 22.6 Å². The van der Waals surface area contributed by atoms with Gasteiger partial charge in [0.05, 0.1) is 63.7 Å². The molecule has 0 unspecified atom stereocenters. The normalized spacial score (nSPS) is 18.8. The number of benzene rings is 5. The van der Waals surface area contributed by atoms with Crippen LogP contribution in [0, 0.1) is 11.3 Å². The third kappa shape index (κ3) is 28.0. The molecule has 25 nitrogen and oxygen atoms in total. The lowest BCUT2D eigenvalue weighted by Gasteiger charge is -2.34. The van der Waals surface area contributed by atoms with Crippen molar-refractivity contribution in [1.29, 1.82) is 0 Å². The zero-order valence-electron chi connectivity index (χ0n) is 59.9. The number of fused-ring (bicyclic) bond motifs is 1. The number of aliphatic hydroxyl groups is 1. The Kier molecular flexibility index (Phi) is 29.9. The van der Waals surface area contributed by atoms with E-state index in [0.717, 1.165) is 57.7 Å². The summed E-state index contributed by atoms with van der Waals surface area (Å²) in [7, 11) is -4.49. The molecule has 0 radical (unpaired) electrons. The Bertz CT molecular complexity index is 3830. The van der Waals surface area contributed by atoms with E-state index in [0.29, 0.717) is 44.8 Å². The first-order valence-electron chi connectivity index (χ1n) is 34.0. The van der Waals surface area contributed by atoms with Crippen molar-refractivity contribution >= 4 is 40.4 Å². The first-order chi connectivity index (χ1) is 49.1. The molecule has 0 saturated carbocycles. The van der Waals surface area contributed by atoms with Crippen LogP contribution in [-0.2, 0) is 85.2 Å².